The first-order valence-electron chi connectivity index (χ1n) is 14.7. The highest BCUT2D eigenvalue weighted by Crippen LogP contribution is 2.32. The van der Waals surface area contributed by atoms with Crippen molar-refractivity contribution < 1.29 is 31.9 Å². The molecule has 46 heavy (non-hydrogen) atoms. The molecule has 0 aliphatic heterocycles. The Labute approximate surface area is 269 Å². The molecule has 0 bridgehead atoms. The third-order valence-electron chi connectivity index (χ3n) is 7.43. The first-order valence-corrected chi connectivity index (χ1v) is 16.2. The molecule has 0 fully saturated rings. The molecule has 4 rings (SSSR count). The first kappa shape index (κ1) is 34.0. The monoisotopic (exact) mass is 647 g/mol. The van der Waals surface area contributed by atoms with Crippen LogP contribution < -0.4 is 19.1 Å². The summed E-state index contributed by atoms with van der Waals surface area (Å²) in [6.45, 7) is 3.45. The van der Waals surface area contributed by atoms with Gasteiger partial charge in [0, 0.05) is 25.6 Å². The van der Waals surface area contributed by atoms with Crippen LogP contribution in [0.2, 0.25) is 0 Å². The van der Waals surface area contributed by atoms with Crippen molar-refractivity contribution in [3.8, 4) is 11.5 Å². The molecule has 0 unspecified atom stereocenters. The number of methoxy groups -OCH3 is 2. The molecule has 1 N–H and O–H groups in total. The number of nitrogens with one attached hydrogen (secondary N) is 1. The summed E-state index contributed by atoms with van der Waals surface area (Å²) in [4.78, 5) is 29.2. The summed E-state index contributed by atoms with van der Waals surface area (Å²) in [5, 5.41) is 2.83. The molecule has 9 nitrogen and oxygen atoms in total. The molecule has 1 atom stereocenters. The third kappa shape index (κ3) is 8.22. The zero-order chi connectivity index (χ0) is 33.3. The number of aryl methyl sites for hydroxylation is 1. The van der Waals surface area contributed by atoms with E-state index in [0.29, 0.717) is 12.3 Å². The fourth-order valence-corrected chi connectivity index (χ4v) is 6.41. The minimum atomic E-state index is -4.42. The highest BCUT2D eigenvalue weighted by atomic mass is 32.2. The van der Waals surface area contributed by atoms with Crippen molar-refractivity contribution in [2.24, 2.45) is 0 Å². The Kier molecular flexibility index (Phi) is 11.4. The normalized spacial score (nSPS) is 11.8. The van der Waals surface area contributed by atoms with Crippen LogP contribution in [-0.2, 0) is 32.6 Å². The second-order valence-corrected chi connectivity index (χ2v) is 12.5. The second-order valence-electron chi connectivity index (χ2n) is 10.6. The van der Waals surface area contributed by atoms with Gasteiger partial charge in [0.2, 0.25) is 11.8 Å². The Morgan fingerprint density at radius 1 is 0.848 bits per heavy atom. The van der Waals surface area contributed by atoms with Crippen LogP contribution in [0.1, 0.15) is 23.6 Å². The van der Waals surface area contributed by atoms with Gasteiger partial charge in [-0.05, 0) is 61.4 Å². The van der Waals surface area contributed by atoms with Gasteiger partial charge in [-0.1, -0.05) is 60.2 Å². The van der Waals surface area contributed by atoms with Crippen LogP contribution in [0.5, 0.6) is 11.5 Å². The van der Waals surface area contributed by atoms with Crippen molar-refractivity contribution in [1.29, 1.82) is 0 Å². The average molecular weight is 648 g/mol. The second kappa shape index (κ2) is 15.4. The Bertz CT molecular complexity index is 1730. The zero-order valence-electron chi connectivity index (χ0n) is 26.3. The van der Waals surface area contributed by atoms with E-state index in [1.54, 1.807) is 6.92 Å². The SMILES string of the molecule is CCNC(=O)[C@@H](Cc1ccccc1)N(Cc1ccc(C)cc1)C(=O)CN(c1ccc(F)cc1)S(=O)(=O)c1ccc(OC)c(OC)c1. The van der Waals surface area contributed by atoms with Gasteiger partial charge in [0.15, 0.2) is 11.5 Å². The summed E-state index contributed by atoms with van der Waals surface area (Å²) in [6.07, 6.45) is 0.198. The van der Waals surface area contributed by atoms with Crippen LogP contribution >= 0.6 is 0 Å². The maximum Gasteiger partial charge on any atom is 0.264 e. The standard InChI is InChI=1S/C35H38FN3O6S/c1-5-37-35(41)31(21-26-9-7-6-8-10-26)38(23-27-13-11-25(2)12-14-27)34(40)24-39(29-17-15-28(36)16-18-29)46(42,43)30-19-20-32(44-3)33(22-30)45-4/h6-20,22,31H,5,21,23-24H2,1-4H3,(H,37,41)/t31-/m1/s1. The highest BCUT2D eigenvalue weighted by molar-refractivity contribution is 7.92. The largest absolute Gasteiger partial charge is 0.493 e. The molecule has 0 saturated heterocycles. The van der Waals surface area contributed by atoms with Gasteiger partial charge < -0.3 is 19.7 Å². The summed E-state index contributed by atoms with van der Waals surface area (Å²) >= 11 is 0. The molecule has 0 aliphatic rings. The van der Waals surface area contributed by atoms with E-state index in [0.717, 1.165) is 33.1 Å². The lowest BCUT2D eigenvalue weighted by Gasteiger charge is -2.34. The lowest BCUT2D eigenvalue weighted by Crippen LogP contribution is -2.53. The van der Waals surface area contributed by atoms with Crippen molar-refractivity contribution in [1.82, 2.24) is 10.2 Å². The summed E-state index contributed by atoms with van der Waals surface area (Å²) in [5.41, 5.74) is 2.68. The smallest absolute Gasteiger partial charge is 0.264 e. The van der Waals surface area contributed by atoms with Gasteiger partial charge in [0.1, 0.15) is 18.4 Å². The number of likely N-dealkylation sites (N-methyl/N-ethyl adjacent to an activating group) is 1. The van der Waals surface area contributed by atoms with E-state index in [-0.39, 0.29) is 35.2 Å². The molecule has 0 aromatic heterocycles. The van der Waals surface area contributed by atoms with Gasteiger partial charge in [-0.25, -0.2) is 12.8 Å². The Morgan fingerprint density at radius 3 is 2.11 bits per heavy atom. The first-order chi connectivity index (χ1) is 22.1. The molecule has 11 heteroatoms. The van der Waals surface area contributed by atoms with Crippen LogP contribution in [0.25, 0.3) is 0 Å². The number of amides is 2. The number of anilines is 1. The molecule has 0 saturated carbocycles. The van der Waals surface area contributed by atoms with E-state index in [1.165, 1.54) is 49.5 Å². The molecule has 4 aromatic carbocycles. The van der Waals surface area contributed by atoms with Crippen molar-refractivity contribution >= 4 is 27.5 Å². The third-order valence-corrected chi connectivity index (χ3v) is 9.20. The number of rotatable bonds is 14. The van der Waals surface area contributed by atoms with E-state index in [4.69, 9.17) is 9.47 Å². The van der Waals surface area contributed by atoms with Crippen LogP contribution in [0.15, 0.2) is 102 Å². The summed E-state index contributed by atoms with van der Waals surface area (Å²) in [6, 6.07) is 24.8. The van der Waals surface area contributed by atoms with Crippen LogP contribution in [0, 0.1) is 12.7 Å². The number of nitrogens with zero attached hydrogens (tertiary/aromatic N) is 2. The minimum absolute atomic E-state index is 0.0431. The highest BCUT2D eigenvalue weighted by Gasteiger charge is 2.35. The van der Waals surface area contributed by atoms with Crippen molar-refractivity contribution in [2.45, 2.75) is 37.8 Å². The van der Waals surface area contributed by atoms with Crippen LogP contribution in [0.4, 0.5) is 10.1 Å². The predicted octanol–water partition coefficient (Wildman–Crippen LogP) is 5.12. The van der Waals surface area contributed by atoms with Crippen LogP contribution in [0.3, 0.4) is 0 Å². The van der Waals surface area contributed by atoms with Gasteiger partial charge in [0.05, 0.1) is 24.8 Å². The predicted molar refractivity (Wildman–Crippen MR) is 175 cm³/mol. The molecule has 0 radical (unpaired) electrons. The molecule has 0 aliphatic carbocycles. The number of halogens is 1. The molecular formula is C35H38FN3O6S. The van der Waals surface area contributed by atoms with Gasteiger partial charge in [0.25, 0.3) is 10.0 Å². The quantitative estimate of drug-likeness (QED) is 0.204. The Morgan fingerprint density at radius 2 is 1.50 bits per heavy atom. The molecule has 0 heterocycles. The average Bonchev–Trinajstić information content (AvgIpc) is 3.06. The van der Waals surface area contributed by atoms with Crippen LogP contribution in [-0.4, -0.2) is 58.5 Å². The summed E-state index contributed by atoms with van der Waals surface area (Å²) in [7, 11) is -1.61. The van der Waals surface area contributed by atoms with Gasteiger partial charge in [-0.15, -0.1) is 0 Å². The van der Waals surface area contributed by atoms with Crippen molar-refractivity contribution in [3.63, 3.8) is 0 Å². The van der Waals surface area contributed by atoms with E-state index in [1.807, 2.05) is 61.5 Å². The van der Waals surface area contributed by atoms with Gasteiger partial charge >= 0.3 is 0 Å². The number of hydrogen-bond acceptors (Lipinski definition) is 6. The number of hydrogen-bond donors (Lipinski definition) is 1. The Hall–Kier alpha value is -4.90. The van der Waals surface area contributed by atoms with E-state index < -0.39 is 34.3 Å². The number of benzene rings is 4. The fourth-order valence-electron chi connectivity index (χ4n) is 4.98. The van der Waals surface area contributed by atoms with E-state index >= 15 is 0 Å². The molecule has 242 valence electrons. The zero-order valence-corrected chi connectivity index (χ0v) is 27.1. The molecule has 2 amide bonds. The maximum atomic E-state index is 14.4. The van der Waals surface area contributed by atoms with Gasteiger partial charge in [-0.2, -0.15) is 0 Å². The van der Waals surface area contributed by atoms with E-state index in [2.05, 4.69) is 5.32 Å². The number of sulfonamides is 1. The molecule has 4 aromatic rings. The maximum absolute atomic E-state index is 14.4. The Balaban J connectivity index is 1.81. The number of carbonyl (C=O) groups is 2. The summed E-state index contributed by atoms with van der Waals surface area (Å²) < 4.78 is 53.9. The van der Waals surface area contributed by atoms with E-state index in [9.17, 15) is 22.4 Å². The lowest BCUT2D eigenvalue weighted by atomic mass is 10.0. The lowest BCUT2D eigenvalue weighted by molar-refractivity contribution is -0.140. The number of carbonyl (C=O) groups excluding carboxylic acids is 2. The van der Waals surface area contributed by atoms with Crippen molar-refractivity contribution in [2.75, 3.05) is 31.6 Å². The fraction of sp³-hybridized carbons (Fsp3) is 0.257. The molecular weight excluding hydrogens is 609 g/mol. The number of ether oxygens (including phenoxy) is 2. The topological polar surface area (TPSA) is 105 Å². The minimum Gasteiger partial charge on any atom is -0.493 e. The molecule has 0 spiro atoms. The van der Waals surface area contributed by atoms with Gasteiger partial charge in [-0.3, -0.25) is 13.9 Å². The summed E-state index contributed by atoms with van der Waals surface area (Å²) in [5.74, 6) is -1.07. The van der Waals surface area contributed by atoms with Crippen molar-refractivity contribution in [3.05, 3.63) is 120 Å².